The zero-order valence-corrected chi connectivity index (χ0v) is 12.3. The van der Waals surface area contributed by atoms with E-state index in [1.807, 2.05) is 13.0 Å². The lowest BCUT2D eigenvalue weighted by Crippen LogP contribution is -1.96. The molecular formula is C14H9Cl3N2. The van der Waals surface area contributed by atoms with Crippen molar-refractivity contribution in [2.24, 2.45) is 0 Å². The molecule has 0 unspecified atom stereocenters. The van der Waals surface area contributed by atoms with Gasteiger partial charge in [-0.2, -0.15) is 5.26 Å². The van der Waals surface area contributed by atoms with Crippen LogP contribution in [0, 0.1) is 18.3 Å². The van der Waals surface area contributed by atoms with Gasteiger partial charge in [0, 0.05) is 11.8 Å². The zero-order chi connectivity index (χ0) is 14.0. The molecule has 1 aromatic carbocycles. The van der Waals surface area contributed by atoms with Crippen LogP contribution >= 0.6 is 34.8 Å². The van der Waals surface area contributed by atoms with Gasteiger partial charge in [0.25, 0.3) is 0 Å². The highest BCUT2D eigenvalue weighted by atomic mass is 35.5. The van der Waals surface area contributed by atoms with Crippen molar-refractivity contribution in [2.75, 3.05) is 0 Å². The normalized spacial score (nSPS) is 10.3. The Bertz CT molecular complexity index is 675. The predicted octanol–water partition coefficient (Wildman–Crippen LogP) is 5.08. The van der Waals surface area contributed by atoms with Crippen molar-refractivity contribution < 1.29 is 0 Å². The number of halogens is 3. The summed E-state index contributed by atoms with van der Waals surface area (Å²) in [5, 5.41) is 10.2. The van der Waals surface area contributed by atoms with E-state index < -0.39 is 0 Å². The maximum absolute atomic E-state index is 8.93. The van der Waals surface area contributed by atoms with Gasteiger partial charge in [0.05, 0.1) is 33.3 Å². The third kappa shape index (κ3) is 2.84. The molecule has 0 saturated heterocycles. The van der Waals surface area contributed by atoms with Crippen molar-refractivity contribution in [2.45, 2.75) is 13.3 Å². The van der Waals surface area contributed by atoms with Crippen LogP contribution < -0.4 is 0 Å². The Kier molecular flexibility index (Phi) is 4.31. The van der Waals surface area contributed by atoms with Crippen LogP contribution in [0.15, 0.2) is 24.4 Å². The minimum Gasteiger partial charge on any atom is -0.256 e. The summed E-state index contributed by atoms with van der Waals surface area (Å²) in [4.78, 5) is 4.32. The second kappa shape index (κ2) is 5.79. The van der Waals surface area contributed by atoms with Gasteiger partial charge in [-0.25, -0.2) is 0 Å². The zero-order valence-electron chi connectivity index (χ0n) is 10.0. The number of nitriles is 1. The fourth-order valence-electron chi connectivity index (χ4n) is 1.83. The molecule has 0 aliphatic heterocycles. The molecule has 0 fully saturated rings. The number of hydrogen-bond acceptors (Lipinski definition) is 2. The maximum Gasteiger partial charge on any atom is 0.0762 e. The first-order chi connectivity index (χ1) is 9.04. The molecular weight excluding hydrogens is 303 g/mol. The number of pyridine rings is 1. The standard InChI is InChI=1S/C14H9Cl3N2/c1-8-3-5-19-14(9(8)2-4-18)10-6-12(16)13(17)7-11(10)15/h3,5-7H,2H2,1H3. The van der Waals surface area contributed by atoms with Gasteiger partial charge in [-0.1, -0.05) is 34.8 Å². The molecule has 1 aromatic heterocycles. The average molecular weight is 312 g/mol. The number of benzene rings is 1. The molecule has 2 nitrogen and oxygen atoms in total. The smallest absolute Gasteiger partial charge is 0.0762 e. The summed E-state index contributed by atoms with van der Waals surface area (Å²) in [5.41, 5.74) is 3.20. The summed E-state index contributed by atoms with van der Waals surface area (Å²) in [6.07, 6.45) is 1.95. The molecule has 19 heavy (non-hydrogen) atoms. The molecule has 96 valence electrons. The minimum atomic E-state index is 0.269. The molecule has 0 aliphatic carbocycles. The number of nitrogens with zero attached hydrogens (tertiary/aromatic N) is 2. The molecule has 0 radical (unpaired) electrons. The monoisotopic (exact) mass is 310 g/mol. The lowest BCUT2D eigenvalue weighted by Gasteiger charge is -2.11. The quantitative estimate of drug-likeness (QED) is 0.725. The van der Waals surface area contributed by atoms with Crippen molar-refractivity contribution in [3.63, 3.8) is 0 Å². The third-order valence-corrected chi connectivity index (χ3v) is 3.85. The van der Waals surface area contributed by atoms with Crippen molar-refractivity contribution >= 4 is 34.8 Å². The molecule has 1 heterocycles. The van der Waals surface area contributed by atoms with Gasteiger partial charge < -0.3 is 0 Å². The number of rotatable bonds is 2. The van der Waals surface area contributed by atoms with E-state index in [4.69, 9.17) is 40.1 Å². The van der Waals surface area contributed by atoms with Crippen LogP contribution in [0.5, 0.6) is 0 Å². The summed E-state index contributed by atoms with van der Waals surface area (Å²) >= 11 is 18.1. The first-order valence-corrected chi connectivity index (χ1v) is 6.64. The van der Waals surface area contributed by atoms with Gasteiger partial charge in [-0.15, -0.1) is 0 Å². The second-order valence-electron chi connectivity index (χ2n) is 4.04. The van der Waals surface area contributed by atoms with Crippen molar-refractivity contribution in [1.29, 1.82) is 5.26 Å². The molecule has 5 heteroatoms. The van der Waals surface area contributed by atoms with Crippen molar-refractivity contribution in [1.82, 2.24) is 4.98 Å². The van der Waals surface area contributed by atoms with E-state index in [0.29, 0.717) is 26.3 Å². The van der Waals surface area contributed by atoms with E-state index >= 15 is 0 Å². The van der Waals surface area contributed by atoms with Crippen LogP contribution in [0.4, 0.5) is 0 Å². The highest BCUT2D eigenvalue weighted by Gasteiger charge is 2.14. The predicted molar refractivity (Wildman–Crippen MR) is 78.8 cm³/mol. The van der Waals surface area contributed by atoms with Gasteiger partial charge in [0.1, 0.15) is 0 Å². The van der Waals surface area contributed by atoms with Crippen LogP contribution in [-0.4, -0.2) is 4.98 Å². The lowest BCUT2D eigenvalue weighted by atomic mass is 10.00. The Morgan fingerprint density at radius 1 is 1.16 bits per heavy atom. The fraction of sp³-hybridized carbons (Fsp3) is 0.143. The molecule has 0 atom stereocenters. The van der Waals surface area contributed by atoms with Crippen LogP contribution in [0.3, 0.4) is 0 Å². The number of aryl methyl sites for hydroxylation is 1. The summed E-state index contributed by atoms with van der Waals surface area (Å²) < 4.78 is 0. The van der Waals surface area contributed by atoms with Gasteiger partial charge in [-0.3, -0.25) is 4.98 Å². The van der Waals surface area contributed by atoms with E-state index in [1.165, 1.54) is 0 Å². The average Bonchev–Trinajstić information content (AvgIpc) is 2.37. The molecule has 0 N–H and O–H groups in total. The lowest BCUT2D eigenvalue weighted by molar-refractivity contribution is 1.15. The van der Waals surface area contributed by atoms with Crippen LogP contribution in [-0.2, 0) is 6.42 Å². The van der Waals surface area contributed by atoms with Gasteiger partial charge >= 0.3 is 0 Å². The van der Waals surface area contributed by atoms with E-state index in [9.17, 15) is 0 Å². The van der Waals surface area contributed by atoms with Crippen LogP contribution in [0.1, 0.15) is 11.1 Å². The SMILES string of the molecule is Cc1ccnc(-c2cc(Cl)c(Cl)cc2Cl)c1CC#N. The largest absolute Gasteiger partial charge is 0.256 e. The molecule has 0 amide bonds. The summed E-state index contributed by atoms with van der Waals surface area (Å²) in [6.45, 7) is 1.93. The molecule has 0 saturated carbocycles. The van der Waals surface area contributed by atoms with E-state index in [-0.39, 0.29) is 6.42 Å². The summed E-state index contributed by atoms with van der Waals surface area (Å²) in [6, 6.07) is 7.26. The molecule has 0 bridgehead atoms. The van der Waals surface area contributed by atoms with Gasteiger partial charge in [-0.05, 0) is 36.2 Å². The molecule has 0 aliphatic rings. The van der Waals surface area contributed by atoms with Crippen molar-refractivity contribution in [3.05, 3.63) is 50.6 Å². The Hall–Kier alpha value is -1.27. The van der Waals surface area contributed by atoms with E-state index in [1.54, 1.807) is 18.3 Å². The first-order valence-electron chi connectivity index (χ1n) is 5.51. The molecule has 2 rings (SSSR count). The first kappa shape index (κ1) is 14.1. The number of hydrogen-bond donors (Lipinski definition) is 0. The Morgan fingerprint density at radius 3 is 2.53 bits per heavy atom. The van der Waals surface area contributed by atoms with Crippen LogP contribution in [0.2, 0.25) is 15.1 Å². The maximum atomic E-state index is 8.93. The third-order valence-electron chi connectivity index (χ3n) is 2.81. The van der Waals surface area contributed by atoms with Crippen molar-refractivity contribution in [3.8, 4) is 17.3 Å². The highest BCUT2D eigenvalue weighted by molar-refractivity contribution is 6.44. The Morgan fingerprint density at radius 2 is 1.84 bits per heavy atom. The highest BCUT2D eigenvalue weighted by Crippen LogP contribution is 2.36. The number of aromatic nitrogens is 1. The molecule has 0 spiro atoms. The summed E-state index contributed by atoms with van der Waals surface area (Å²) in [7, 11) is 0. The minimum absolute atomic E-state index is 0.269. The molecule has 2 aromatic rings. The van der Waals surface area contributed by atoms with E-state index in [0.717, 1.165) is 11.1 Å². The van der Waals surface area contributed by atoms with Crippen LogP contribution in [0.25, 0.3) is 11.3 Å². The second-order valence-corrected chi connectivity index (χ2v) is 5.26. The fourth-order valence-corrected chi connectivity index (χ4v) is 2.46. The summed E-state index contributed by atoms with van der Waals surface area (Å²) in [5.74, 6) is 0. The van der Waals surface area contributed by atoms with E-state index in [2.05, 4.69) is 11.1 Å². The Balaban J connectivity index is 2.69. The Labute approximate surface area is 126 Å². The topological polar surface area (TPSA) is 36.7 Å². The van der Waals surface area contributed by atoms with Gasteiger partial charge in [0.15, 0.2) is 0 Å². The van der Waals surface area contributed by atoms with Gasteiger partial charge in [0.2, 0.25) is 0 Å².